The Hall–Kier alpha value is -2.16. The SMILES string of the molecule is O=C(NCc1ccc(F)cc1)[C@H]1C[C@H]1c1ccccc1. The first-order chi connectivity index (χ1) is 9.74. The maximum absolute atomic E-state index is 12.8. The van der Waals surface area contributed by atoms with Gasteiger partial charge in [-0.2, -0.15) is 0 Å². The summed E-state index contributed by atoms with van der Waals surface area (Å²) < 4.78 is 12.8. The number of rotatable bonds is 4. The zero-order chi connectivity index (χ0) is 13.9. The number of hydrogen-bond acceptors (Lipinski definition) is 1. The number of amides is 1. The molecule has 1 aliphatic carbocycles. The van der Waals surface area contributed by atoms with E-state index in [9.17, 15) is 9.18 Å². The van der Waals surface area contributed by atoms with E-state index < -0.39 is 0 Å². The molecule has 1 amide bonds. The highest BCUT2D eigenvalue weighted by Crippen LogP contribution is 2.47. The first-order valence-corrected chi connectivity index (χ1v) is 6.81. The van der Waals surface area contributed by atoms with Gasteiger partial charge in [-0.3, -0.25) is 4.79 Å². The molecule has 0 bridgehead atoms. The molecule has 2 atom stereocenters. The van der Waals surface area contributed by atoms with Gasteiger partial charge in [0.05, 0.1) is 0 Å². The van der Waals surface area contributed by atoms with E-state index in [1.807, 2.05) is 18.2 Å². The summed E-state index contributed by atoms with van der Waals surface area (Å²) in [6, 6.07) is 16.3. The second-order valence-corrected chi connectivity index (χ2v) is 5.20. The summed E-state index contributed by atoms with van der Waals surface area (Å²) in [5, 5.41) is 2.92. The Labute approximate surface area is 117 Å². The van der Waals surface area contributed by atoms with E-state index in [1.165, 1.54) is 17.7 Å². The van der Waals surface area contributed by atoms with Gasteiger partial charge in [0.2, 0.25) is 5.91 Å². The van der Waals surface area contributed by atoms with Crippen LogP contribution >= 0.6 is 0 Å². The molecule has 0 heterocycles. The highest BCUT2D eigenvalue weighted by atomic mass is 19.1. The van der Waals surface area contributed by atoms with Crippen LogP contribution in [0.25, 0.3) is 0 Å². The minimum absolute atomic E-state index is 0.0813. The maximum Gasteiger partial charge on any atom is 0.224 e. The number of benzene rings is 2. The minimum atomic E-state index is -0.258. The lowest BCUT2D eigenvalue weighted by Crippen LogP contribution is -2.24. The summed E-state index contributed by atoms with van der Waals surface area (Å²) in [7, 11) is 0. The predicted octanol–water partition coefficient (Wildman–Crippen LogP) is 3.25. The first kappa shape index (κ1) is 12.9. The van der Waals surface area contributed by atoms with Gasteiger partial charge in [0, 0.05) is 12.5 Å². The third-order valence-electron chi connectivity index (χ3n) is 3.73. The minimum Gasteiger partial charge on any atom is -0.352 e. The molecule has 102 valence electrons. The van der Waals surface area contributed by atoms with Crippen LogP contribution in [-0.2, 0) is 11.3 Å². The molecule has 2 aromatic rings. The van der Waals surface area contributed by atoms with Gasteiger partial charge in [-0.15, -0.1) is 0 Å². The predicted molar refractivity (Wildman–Crippen MR) is 75.5 cm³/mol. The summed E-state index contributed by atoms with van der Waals surface area (Å²) in [5.74, 6) is 0.261. The third-order valence-corrected chi connectivity index (χ3v) is 3.73. The molecule has 3 rings (SSSR count). The summed E-state index contributed by atoms with van der Waals surface area (Å²) in [6.07, 6.45) is 0.916. The lowest BCUT2D eigenvalue weighted by Gasteiger charge is -2.05. The Bertz CT molecular complexity index is 594. The second kappa shape index (κ2) is 5.45. The highest BCUT2D eigenvalue weighted by Gasteiger charge is 2.43. The molecule has 0 spiro atoms. The summed E-state index contributed by atoms with van der Waals surface area (Å²) in [6.45, 7) is 0.455. The molecule has 3 heteroatoms. The number of carbonyl (C=O) groups is 1. The normalized spacial score (nSPS) is 20.4. The van der Waals surface area contributed by atoms with Crippen LogP contribution in [0.1, 0.15) is 23.5 Å². The van der Waals surface area contributed by atoms with E-state index in [0.29, 0.717) is 12.5 Å². The van der Waals surface area contributed by atoms with Gasteiger partial charge >= 0.3 is 0 Å². The van der Waals surface area contributed by atoms with Gasteiger partial charge in [-0.05, 0) is 35.6 Å². The first-order valence-electron chi connectivity index (χ1n) is 6.81. The van der Waals surface area contributed by atoms with E-state index >= 15 is 0 Å². The number of carbonyl (C=O) groups excluding carboxylic acids is 1. The molecular formula is C17H16FNO. The van der Waals surface area contributed by atoms with E-state index in [1.54, 1.807) is 12.1 Å². The van der Waals surface area contributed by atoms with Crippen molar-refractivity contribution in [2.24, 2.45) is 5.92 Å². The van der Waals surface area contributed by atoms with Crippen molar-refractivity contribution >= 4 is 5.91 Å². The number of nitrogens with one attached hydrogen (secondary N) is 1. The summed E-state index contributed by atoms with van der Waals surface area (Å²) >= 11 is 0. The van der Waals surface area contributed by atoms with Gasteiger partial charge in [-0.1, -0.05) is 42.5 Å². The molecule has 0 aromatic heterocycles. The molecule has 1 fully saturated rings. The van der Waals surface area contributed by atoms with Gasteiger partial charge in [0.15, 0.2) is 0 Å². The van der Waals surface area contributed by atoms with Crippen LogP contribution in [0, 0.1) is 11.7 Å². The van der Waals surface area contributed by atoms with E-state index in [-0.39, 0.29) is 17.6 Å². The fraction of sp³-hybridized carbons (Fsp3) is 0.235. The molecular weight excluding hydrogens is 253 g/mol. The standard InChI is InChI=1S/C17H16FNO/c18-14-8-6-12(7-9-14)11-19-17(20)16-10-15(16)13-4-2-1-3-5-13/h1-9,15-16H,10-11H2,(H,19,20)/t15-,16-/m0/s1. The van der Waals surface area contributed by atoms with Crippen LogP contribution in [0.5, 0.6) is 0 Å². The smallest absolute Gasteiger partial charge is 0.224 e. The van der Waals surface area contributed by atoms with Gasteiger partial charge in [-0.25, -0.2) is 4.39 Å². The monoisotopic (exact) mass is 269 g/mol. The largest absolute Gasteiger partial charge is 0.352 e. The van der Waals surface area contributed by atoms with Crippen LogP contribution in [0.3, 0.4) is 0 Å². The summed E-state index contributed by atoms with van der Waals surface area (Å²) in [4.78, 5) is 12.0. The average molecular weight is 269 g/mol. The average Bonchev–Trinajstić information content (AvgIpc) is 3.28. The van der Waals surface area contributed by atoms with E-state index in [2.05, 4.69) is 17.4 Å². The Kier molecular flexibility index (Phi) is 3.50. The van der Waals surface area contributed by atoms with Crippen LogP contribution < -0.4 is 5.32 Å². The van der Waals surface area contributed by atoms with Gasteiger partial charge in [0.1, 0.15) is 5.82 Å². The second-order valence-electron chi connectivity index (χ2n) is 5.20. The van der Waals surface area contributed by atoms with Gasteiger partial charge < -0.3 is 5.32 Å². The quantitative estimate of drug-likeness (QED) is 0.907. The zero-order valence-corrected chi connectivity index (χ0v) is 11.1. The molecule has 2 nitrogen and oxygen atoms in total. The van der Waals surface area contributed by atoms with Crippen molar-refractivity contribution in [1.82, 2.24) is 5.32 Å². The van der Waals surface area contributed by atoms with Crippen molar-refractivity contribution in [3.63, 3.8) is 0 Å². The molecule has 0 radical (unpaired) electrons. The van der Waals surface area contributed by atoms with Crippen LogP contribution in [0.2, 0.25) is 0 Å². The molecule has 2 aromatic carbocycles. The Morgan fingerprint density at radius 1 is 1.10 bits per heavy atom. The van der Waals surface area contributed by atoms with Crippen molar-refractivity contribution in [3.8, 4) is 0 Å². The van der Waals surface area contributed by atoms with Crippen molar-refractivity contribution < 1.29 is 9.18 Å². The summed E-state index contributed by atoms with van der Waals surface area (Å²) in [5.41, 5.74) is 2.14. The number of hydrogen-bond donors (Lipinski definition) is 1. The van der Waals surface area contributed by atoms with Gasteiger partial charge in [0.25, 0.3) is 0 Å². The van der Waals surface area contributed by atoms with Crippen LogP contribution in [-0.4, -0.2) is 5.91 Å². The van der Waals surface area contributed by atoms with Crippen LogP contribution in [0.15, 0.2) is 54.6 Å². The molecule has 0 unspecified atom stereocenters. The third kappa shape index (κ3) is 2.87. The van der Waals surface area contributed by atoms with Crippen molar-refractivity contribution in [1.29, 1.82) is 0 Å². The maximum atomic E-state index is 12.8. The van der Waals surface area contributed by atoms with Crippen LogP contribution in [0.4, 0.5) is 4.39 Å². The van der Waals surface area contributed by atoms with E-state index in [4.69, 9.17) is 0 Å². The topological polar surface area (TPSA) is 29.1 Å². The fourth-order valence-electron chi connectivity index (χ4n) is 2.48. The molecule has 1 aliphatic rings. The Balaban J connectivity index is 1.53. The van der Waals surface area contributed by atoms with Crippen molar-refractivity contribution in [2.75, 3.05) is 0 Å². The highest BCUT2D eigenvalue weighted by molar-refractivity contribution is 5.82. The molecule has 0 aliphatic heterocycles. The molecule has 20 heavy (non-hydrogen) atoms. The van der Waals surface area contributed by atoms with Crippen molar-refractivity contribution in [2.45, 2.75) is 18.9 Å². The lowest BCUT2D eigenvalue weighted by molar-refractivity contribution is -0.122. The van der Waals surface area contributed by atoms with Crippen molar-refractivity contribution in [3.05, 3.63) is 71.5 Å². The Morgan fingerprint density at radius 3 is 2.50 bits per heavy atom. The molecule has 1 saturated carbocycles. The number of halogens is 1. The lowest BCUT2D eigenvalue weighted by atomic mass is 10.1. The Morgan fingerprint density at radius 2 is 1.80 bits per heavy atom. The molecule has 0 saturated heterocycles. The zero-order valence-electron chi connectivity index (χ0n) is 11.1. The van der Waals surface area contributed by atoms with E-state index in [0.717, 1.165) is 12.0 Å². The fourth-order valence-corrected chi connectivity index (χ4v) is 2.48. The molecule has 1 N–H and O–H groups in total.